The third-order valence-electron chi connectivity index (χ3n) is 3.15. The normalized spacial score (nSPS) is 18.6. The summed E-state index contributed by atoms with van der Waals surface area (Å²) in [5.74, 6) is 0.909. The number of hydrogen-bond acceptors (Lipinski definition) is 3. The van der Waals surface area contributed by atoms with Crippen LogP contribution in [0.25, 0.3) is 0 Å². The molecule has 1 atom stereocenters. The first-order valence-corrected chi connectivity index (χ1v) is 7.79. The molecule has 0 aliphatic carbocycles. The van der Waals surface area contributed by atoms with Gasteiger partial charge in [0.25, 0.3) is 0 Å². The Morgan fingerprint density at radius 2 is 2.06 bits per heavy atom. The zero-order valence-corrected chi connectivity index (χ0v) is 12.8. The molecule has 0 bridgehead atoms. The van der Waals surface area contributed by atoms with Gasteiger partial charge >= 0.3 is 0 Å². The molecule has 1 saturated heterocycles. The van der Waals surface area contributed by atoms with Crippen LogP contribution in [0, 0.1) is 0 Å². The number of ether oxygens (including phenoxy) is 3. The van der Waals surface area contributed by atoms with Crippen molar-refractivity contribution in [2.24, 2.45) is 0 Å². The van der Waals surface area contributed by atoms with Crippen LogP contribution in [0.3, 0.4) is 0 Å². The van der Waals surface area contributed by atoms with Gasteiger partial charge in [0.15, 0.2) is 0 Å². The molecule has 0 N–H and O–H groups in total. The number of alkyl halides is 1. The molecule has 0 spiro atoms. The average Bonchev–Trinajstić information content (AvgIpc) is 2.46. The third-order valence-corrected chi connectivity index (χ3v) is 3.95. The van der Waals surface area contributed by atoms with Gasteiger partial charge < -0.3 is 14.2 Å². The summed E-state index contributed by atoms with van der Waals surface area (Å²) in [4.78, 5) is 0. The summed E-state index contributed by atoms with van der Waals surface area (Å²) < 4.78 is 17.9. The van der Waals surface area contributed by atoms with Crippen LogP contribution in [0.15, 0.2) is 24.3 Å². The molecule has 0 aromatic heterocycles. The van der Waals surface area contributed by atoms with E-state index < -0.39 is 0 Å². The van der Waals surface area contributed by atoms with Crippen molar-refractivity contribution >= 4 is 22.6 Å². The summed E-state index contributed by atoms with van der Waals surface area (Å²) in [6.45, 7) is 1.62. The second-order valence-corrected chi connectivity index (χ2v) is 5.21. The van der Waals surface area contributed by atoms with Crippen molar-refractivity contribution in [1.82, 2.24) is 0 Å². The Hall–Kier alpha value is -0.330. The van der Waals surface area contributed by atoms with Gasteiger partial charge in [-0.15, -0.1) is 0 Å². The summed E-state index contributed by atoms with van der Waals surface area (Å²) in [6, 6.07) is 8.09. The van der Waals surface area contributed by atoms with E-state index in [1.165, 1.54) is 0 Å². The maximum Gasteiger partial charge on any atom is 0.124 e. The van der Waals surface area contributed by atoms with Crippen molar-refractivity contribution in [3.05, 3.63) is 29.8 Å². The third kappa shape index (κ3) is 3.59. The number of methoxy groups -OCH3 is 1. The van der Waals surface area contributed by atoms with Crippen molar-refractivity contribution < 1.29 is 14.2 Å². The monoisotopic (exact) mass is 362 g/mol. The van der Waals surface area contributed by atoms with Gasteiger partial charge in [-0.2, -0.15) is 0 Å². The molecule has 3 nitrogen and oxygen atoms in total. The van der Waals surface area contributed by atoms with E-state index in [-0.39, 0.29) is 6.10 Å². The predicted octanol–water partition coefficient (Wildman–Crippen LogP) is 3.37. The maximum atomic E-state index is 6.20. The van der Waals surface area contributed by atoms with Crippen LogP contribution in [-0.2, 0) is 9.47 Å². The summed E-state index contributed by atoms with van der Waals surface area (Å²) in [6.07, 6.45) is 2.39. The molecule has 1 aromatic carbocycles. The lowest BCUT2D eigenvalue weighted by atomic mass is 10.1. The number of para-hydroxylation sites is 1. The lowest BCUT2D eigenvalue weighted by Gasteiger charge is -2.27. The molecular weight excluding hydrogens is 343 g/mol. The molecule has 1 unspecified atom stereocenters. The van der Waals surface area contributed by atoms with Crippen LogP contribution in [0.1, 0.15) is 24.5 Å². The molecule has 1 aliphatic heterocycles. The summed E-state index contributed by atoms with van der Waals surface area (Å²) in [7, 11) is 1.71. The van der Waals surface area contributed by atoms with Crippen LogP contribution in [-0.4, -0.2) is 30.9 Å². The van der Waals surface area contributed by atoms with E-state index in [9.17, 15) is 0 Å². The molecule has 0 saturated carbocycles. The molecule has 1 aromatic rings. The first-order chi connectivity index (χ1) is 8.85. The zero-order chi connectivity index (χ0) is 12.8. The lowest BCUT2D eigenvalue weighted by Crippen LogP contribution is -2.26. The highest BCUT2D eigenvalue weighted by Crippen LogP contribution is 2.31. The summed E-state index contributed by atoms with van der Waals surface area (Å²) in [5.41, 5.74) is 1.14. The van der Waals surface area contributed by atoms with Crippen LogP contribution >= 0.6 is 22.6 Å². The van der Waals surface area contributed by atoms with Gasteiger partial charge in [0.2, 0.25) is 0 Å². The highest BCUT2D eigenvalue weighted by atomic mass is 127. The first-order valence-electron chi connectivity index (χ1n) is 6.27. The second-order valence-electron chi connectivity index (χ2n) is 4.33. The van der Waals surface area contributed by atoms with Crippen molar-refractivity contribution in [3.63, 3.8) is 0 Å². The van der Waals surface area contributed by atoms with Gasteiger partial charge in [-0.25, -0.2) is 0 Å². The predicted molar refractivity (Wildman–Crippen MR) is 79.5 cm³/mol. The molecule has 1 fully saturated rings. The van der Waals surface area contributed by atoms with Gasteiger partial charge in [-0.05, 0) is 18.9 Å². The lowest BCUT2D eigenvalue weighted by molar-refractivity contribution is -0.0616. The van der Waals surface area contributed by atoms with Crippen molar-refractivity contribution in [3.8, 4) is 5.75 Å². The van der Waals surface area contributed by atoms with Gasteiger partial charge in [0.1, 0.15) is 5.75 Å². The van der Waals surface area contributed by atoms with Crippen molar-refractivity contribution in [1.29, 1.82) is 0 Å². The SMILES string of the molecule is COc1ccccc1C(CI)OC1CCOCC1. The minimum Gasteiger partial charge on any atom is -0.496 e. The number of benzene rings is 1. The highest BCUT2D eigenvalue weighted by molar-refractivity contribution is 14.1. The Kier molecular flexibility index (Phi) is 5.72. The Morgan fingerprint density at radius 3 is 2.72 bits per heavy atom. The minimum atomic E-state index is 0.102. The van der Waals surface area contributed by atoms with Crippen LogP contribution < -0.4 is 4.74 Å². The quantitative estimate of drug-likeness (QED) is 0.594. The van der Waals surface area contributed by atoms with Gasteiger partial charge in [0, 0.05) is 23.2 Å². The topological polar surface area (TPSA) is 27.7 Å². The Balaban J connectivity index is 2.07. The number of hydrogen-bond donors (Lipinski definition) is 0. The molecule has 18 heavy (non-hydrogen) atoms. The fourth-order valence-electron chi connectivity index (χ4n) is 2.17. The molecule has 4 heteroatoms. The molecule has 0 radical (unpaired) electrons. The van der Waals surface area contributed by atoms with Gasteiger partial charge in [-0.3, -0.25) is 0 Å². The van der Waals surface area contributed by atoms with E-state index in [1.807, 2.05) is 18.2 Å². The molecule has 1 heterocycles. The minimum absolute atomic E-state index is 0.102. The van der Waals surface area contributed by atoms with Gasteiger partial charge in [0.05, 0.1) is 19.3 Å². The number of halogens is 1. The summed E-state index contributed by atoms with van der Waals surface area (Å²) in [5, 5.41) is 0. The van der Waals surface area contributed by atoms with E-state index >= 15 is 0 Å². The van der Waals surface area contributed by atoms with Crippen molar-refractivity contribution in [2.45, 2.75) is 25.0 Å². The molecule has 2 rings (SSSR count). The Labute approximate surface area is 122 Å². The fraction of sp³-hybridized carbons (Fsp3) is 0.571. The fourth-order valence-corrected chi connectivity index (χ4v) is 2.85. The maximum absolute atomic E-state index is 6.20. The molecule has 1 aliphatic rings. The van der Waals surface area contributed by atoms with Gasteiger partial charge in [-0.1, -0.05) is 40.8 Å². The standard InChI is InChI=1S/C14H19IO3/c1-16-13-5-3-2-4-12(13)14(10-15)18-11-6-8-17-9-7-11/h2-5,11,14H,6-10H2,1H3. The smallest absolute Gasteiger partial charge is 0.124 e. The van der Waals surface area contributed by atoms with E-state index in [0.29, 0.717) is 6.10 Å². The summed E-state index contributed by atoms with van der Waals surface area (Å²) >= 11 is 2.37. The van der Waals surface area contributed by atoms with Crippen LogP contribution in [0.5, 0.6) is 5.75 Å². The van der Waals surface area contributed by atoms with E-state index in [4.69, 9.17) is 14.2 Å². The largest absolute Gasteiger partial charge is 0.496 e. The van der Waals surface area contributed by atoms with E-state index in [2.05, 4.69) is 28.7 Å². The highest BCUT2D eigenvalue weighted by Gasteiger charge is 2.22. The van der Waals surface area contributed by atoms with Crippen LogP contribution in [0.4, 0.5) is 0 Å². The zero-order valence-electron chi connectivity index (χ0n) is 10.6. The van der Waals surface area contributed by atoms with E-state index in [1.54, 1.807) is 7.11 Å². The van der Waals surface area contributed by atoms with Crippen molar-refractivity contribution in [2.75, 3.05) is 24.8 Å². The molecule has 0 amide bonds. The Bertz CT molecular complexity index is 364. The second kappa shape index (κ2) is 7.31. The van der Waals surface area contributed by atoms with E-state index in [0.717, 1.165) is 41.8 Å². The number of rotatable bonds is 5. The average molecular weight is 362 g/mol. The molecular formula is C14H19IO3. The van der Waals surface area contributed by atoms with Crippen LogP contribution in [0.2, 0.25) is 0 Å². The Morgan fingerprint density at radius 1 is 1.33 bits per heavy atom. The molecule has 100 valence electrons. The first kappa shape index (κ1) is 14.1.